The lowest BCUT2D eigenvalue weighted by molar-refractivity contribution is -0.126. The number of fused-ring (bicyclic) bond motifs is 1. The molecule has 0 fully saturated rings. The average Bonchev–Trinajstić information content (AvgIpc) is 2.93. The van der Waals surface area contributed by atoms with Gasteiger partial charge in [-0.25, -0.2) is 4.68 Å². The Kier molecular flexibility index (Phi) is 4.38. The molecule has 1 aromatic carbocycles. The van der Waals surface area contributed by atoms with Crippen molar-refractivity contribution in [3.8, 4) is 0 Å². The zero-order chi connectivity index (χ0) is 17.3. The first-order chi connectivity index (χ1) is 11.5. The Morgan fingerprint density at radius 3 is 2.83 bits per heavy atom. The number of aromatic nitrogens is 2. The van der Waals surface area contributed by atoms with E-state index in [9.17, 15) is 9.59 Å². The minimum Gasteiger partial charge on any atom is -0.350 e. The van der Waals surface area contributed by atoms with E-state index < -0.39 is 6.04 Å². The van der Waals surface area contributed by atoms with Gasteiger partial charge in [-0.3, -0.25) is 14.5 Å². The summed E-state index contributed by atoms with van der Waals surface area (Å²) in [5.41, 5.74) is 3.05. The molecule has 1 aliphatic heterocycles. The van der Waals surface area contributed by atoms with Crippen LogP contribution in [-0.2, 0) is 22.7 Å². The molecule has 0 aliphatic carbocycles. The third-order valence-electron chi connectivity index (χ3n) is 4.41. The van der Waals surface area contributed by atoms with Crippen LogP contribution < -0.4 is 10.2 Å². The molecular weight excluding hydrogens is 304 g/mol. The smallest absolute Gasteiger partial charge is 0.243 e. The molecule has 0 bridgehead atoms. The topological polar surface area (TPSA) is 67.2 Å². The summed E-state index contributed by atoms with van der Waals surface area (Å²) in [7, 11) is 0. The van der Waals surface area contributed by atoms with E-state index in [0.717, 1.165) is 16.8 Å². The van der Waals surface area contributed by atoms with Gasteiger partial charge in [0.15, 0.2) is 0 Å². The van der Waals surface area contributed by atoms with Crippen molar-refractivity contribution in [1.29, 1.82) is 0 Å². The minimum atomic E-state index is -0.573. The summed E-state index contributed by atoms with van der Waals surface area (Å²) in [6.07, 6.45) is 0.365. The van der Waals surface area contributed by atoms with E-state index in [1.807, 2.05) is 44.2 Å². The van der Waals surface area contributed by atoms with Gasteiger partial charge < -0.3 is 5.32 Å². The molecule has 126 valence electrons. The maximum atomic E-state index is 12.6. The summed E-state index contributed by atoms with van der Waals surface area (Å²) in [4.78, 5) is 26.5. The highest BCUT2D eigenvalue weighted by Gasteiger charge is 2.32. The Balaban J connectivity index is 1.73. The van der Waals surface area contributed by atoms with Crippen LogP contribution in [0.2, 0.25) is 0 Å². The predicted octanol–water partition coefficient (Wildman–Crippen LogP) is 1.94. The van der Waals surface area contributed by atoms with Crippen LogP contribution in [0.5, 0.6) is 0 Å². The Morgan fingerprint density at radius 1 is 1.33 bits per heavy atom. The molecule has 2 heterocycles. The third kappa shape index (κ3) is 3.04. The molecule has 0 unspecified atom stereocenters. The van der Waals surface area contributed by atoms with Crippen molar-refractivity contribution >= 4 is 17.6 Å². The van der Waals surface area contributed by atoms with Gasteiger partial charge in [0.2, 0.25) is 11.8 Å². The molecule has 2 aromatic rings. The number of nitrogens with zero attached hydrogens (tertiary/aromatic N) is 3. The Morgan fingerprint density at radius 2 is 2.08 bits per heavy atom. The van der Waals surface area contributed by atoms with E-state index in [0.29, 0.717) is 25.3 Å². The van der Waals surface area contributed by atoms with Gasteiger partial charge in [-0.05, 0) is 31.9 Å². The number of carbonyl (C=O) groups is 2. The van der Waals surface area contributed by atoms with Crippen LogP contribution in [0.3, 0.4) is 0 Å². The van der Waals surface area contributed by atoms with Crippen LogP contribution in [0.1, 0.15) is 30.2 Å². The van der Waals surface area contributed by atoms with Crippen molar-refractivity contribution < 1.29 is 9.59 Å². The molecule has 24 heavy (non-hydrogen) atoms. The fraction of sp³-hybridized carbons (Fsp3) is 0.389. The highest BCUT2D eigenvalue weighted by molar-refractivity contribution is 6.00. The van der Waals surface area contributed by atoms with Gasteiger partial charge in [-0.1, -0.05) is 24.3 Å². The van der Waals surface area contributed by atoms with Crippen LogP contribution in [-0.4, -0.2) is 27.6 Å². The number of benzene rings is 1. The lowest BCUT2D eigenvalue weighted by Gasteiger charge is -2.31. The van der Waals surface area contributed by atoms with Crippen LogP contribution in [0, 0.1) is 13.8 Å². The van der Waals surface area contributed by atoms with Gasteiger partial charge in [-0.15, -0.1) is 0 Å². The second kappa shape index (κ2) is 6.47. The second-order valence-electron chi connectivity index (χ2n) is 6.20. The normalized spacial score (nSPS) is 15.1. The molecule has 6 heteroatoms. The third-order valence-corrected chi connectivity index (χ3v) is 4.41. The summed E-state index contributed by atoms with van der Waals surface area (Å²) < 4.78 is 1.79. The van der Waals surface area contributed by atoms with Crippen LogP contribution in [0.4, 0.5) is 5.82 Å². The molecule has 1 atom stereocenters. The average molecular weight is 326 g/mol. The van der Waals surface area contributed by atoms with Gasteiger partial charge in [-0.2, -0.15) is 5.10 Å². The van der Waals surface area contributed by atoms with E-state index in [-0.39, 0.29) is 11.8 Å². The molecule has 0 radical (unpaired) electrons. The molecule has 2 amide bonds. The number of nitrogens with one attached hydrogen (secondary N) is 1. The second-order valence-corrected chi connectivity index (χ2v) is 6.20. The standard InChI is InChI=1S/C18H22N4O2/c1-12-6-4-5-7-15(12)11-19-18(24)14(3)22-16-10-13(2)20-21(16)9-8-17(22)23/h4-7,10,14H,8-9,11H2,1-3H3,(H,19,24)/t14-/m0/s1. The summed E-state index contributed by atoms with van der Waals surface area (Å²) in [5.74, 6) is 0.488. The van der Waals surface area contributed by atoms with Crippen molar-refractivity contribution in [3.05, 3.63) is 47.2 Å². The summed E-state index contributed by atoms with van der Waals surface area (Å²) in [6.45, 7) is 6.67. The van der Waals surface area contributed by atoms with Crippen molar-refractivity contribution in [2.45, 2.75) is 46.3 Å². The maximum absolute atomic E-state index is 12.6. The molecular formula is C18H22N4O2. The van der Waals surface area contributed by atoms with Gasteiger partial charge in [0.05, 0.1) is 12.2 Å². The van der Waals surface area contributed by atoms with Crippen LogP contribution in [0.15, 0.2) is 30.3 Å². The van der Waals surface area contributed by atoms with Gasteiger partial charge >= 0.3 is 0 Å². The Hall–Kier alpha value is -2.63. The fourth-order valence-corrected chi connectivity index (χ4v) is 3.01. The quantitative estimate of drug-likeness (QED) is 0.934. The number of hydrogen-bond acceptors (Lipinski definition) is 3. The molecule has 0 saturated carbocycles. The summed E-state index contributed by atoms with van der Waals surface area (Å²) in [5, 5.41) is 7.31. The number of rotatable bonds is 4. The minimum absolute atomic E-state index is 0.0408. The van der Waals surface area contributed by atoms with E-state index in [1.54, 1.807) is 16.5 Å². The summed E-state index contributed by atoms with van der Waals surface area (Å²) in [6, 6.07) is 9.21. The first kappa shape index (κ1) is 16.2. The van der Waals surface area contributed by atoms with Crippen molar-refractivity contribution in [1.82, 2.24) is 15.1 Å². The van der Waals surface area contributed by atoms with E-state index in [1.165, 1.54) is 0 Å². The van der Waals surface area contributed by atoms with Crippen LogP contribution in [0.25, 0.3) is 0 Å². The molecule has 6 nitrogen and oxygen atoms in total. The van der Waals surface area contributed by atoms with Crippen molar-refractivity contribution in [2.75, 3.05) is 4.90 Å². The SMILES string of the molecule is Cc1cc2n(n1)CCC(=O)N2[C@@H](C)C(=O)NCc1ccccc1C. The number of anilines is 1. The predicted molar refractivity (Wildman–Crippen MR) is 91.6 cm³/mol. The van der Waals surface area contributed by atoms with E-state index in [4.69, 9.17) is 0 Å². The zero-order valence-electron chi connectivity index (χ0n) is 14.2. The monoisotopic (exact) mass is 326 g/mol. The highest BCUT2D eigenvalue weighted by atomic mass is 16.2. The lowest BCUT2D eigenvalue weighted by atomic mass is 10.1. The van der Waals surface area contributed by atoms with Gasteiger partial charge in [0.1, 0.15) is 11.9 Å². The summed E-state index contributed by atoms with van der Waals surface area (Å²) >= 11 is 0. The van der Waals surface area contributed by atoms with Gasteiger partial charge in [0.25, 0.3) is 0 Å². The highest BCUT2D eigenvalue weighted by Crippen LogP contribution is 2.24. The van der Waals surface area contributed by atoms with Crippen LogP contribution >= 0.6 is 0 Å². The molecule has 0 saturated heterocycles. The first-order valence-electron chi connectivity index (χ1n) is 8.16. The molecule has 0 spiro atoms. The van der Waals surface area contributed by atoms with Crippen molar-refractivity contribution in [2.24, 2.45) is 0 Å². The largest absolute Gasteiger partial charge is 0.350 e. The lowest BCUT2D eigenvalue weighted by Crippen LogP contribution is -2.50. The Labute approximate surface area is 141 Å². The maximum Gasteiger partial charge on any atom is 0.243 e. The first-order valence-corrected chi connectivity index (χ1v) is 8.16. The molecule has 3 rings (SSSR count). The van der Waals surface area contributed by atoms with E-state index >= 15 is 0 Å². The number of aryl methyl sites for hydroxylation is 3. The van der Waals surface area contributed by atoms with E-state index in [2.05, 4.69) is 10.4 Å². The number of carbonyl (C=O) groups excluding carboxylic acids is 2. The molecule has 1 aliphatic rings. The number of hydrogen-bond donors (Lipinski definition) is 1. The zero-order valence-corrected chi connectivity index (χ0v) is 14.2. The number of amides is 2. The molecule has 1 N–H and O–H groups in total. The Bertz CT molecular complexity index is 781. The molecule has 1 aromatic heterocycles. The van der Waals surface area contributed by atoms with Crippen molar-refractivity contribution in [3.63, 3.8) is 0 Å². The fourth-order valence-electron chi connectivity index (χ4n) is 3.01. The van der Waals surface area contributed by atoms with Gasteiger partial charge in [0, 0.05) is 19.0 Å².